The highest BCUT2D eigenvalue weighted by Crippen LogP contribution is 2.34. The number of nitrogens with one attached hydrogen (secondary N) is 1. The molecule has 0 unspecified atom stereocenters. The van der Waals surface area contributed by atoms with Crippen LogP contribution in [0.5, 0.6) is 0 Å². The van der Waals surface area contributed by atoms with Crippen molar-refractivity contribution < 1.29 is 14.0 Å². The second-order valence-electron chi connectivity index (χ2n) is 9.39. The van der Waals surface area contributed by atoms with E-state index in [4.69, 9.17) is 4.42 Å². The summed E-state index contributed by atoms with van der Waals surface area (Å²) in [5, 5.41) is 5.37. The molecular weight excluding hydrogens is 434 g/mol. The van der Waals surface area contributed by atoms with Crippen molar-refractivity contribution in [2.75, 3.05) is 6.54 Å². The molecule has 33 heavy (non-hydrogen) atoms. The molecule has 0 saturated heterocycles. The lowest BCUT2D eigenvalue weighted by molar-refractivity contribution is -0.133. The summed E-state index contributed by atoms with van der Waals surface area (Å²) < 4.78 is 7.58. The van der Waals surface area contributed by atoms with Crippen molar-refractivity contribution in [1.82, 2.24) is 14.8 Å². The van der Waals surface area contributed by atoms with Gasteiger partial charge in [0.25, 0.3) is 5.91 Å². The lowest BCUT2D eigenvalue weighted by Gasteiger charge is -2.45. The number of carbonyl (C=O) groups is 2. The van der Waals surface area contributed by atoms with Crippen molar-refractivity contribution in [3.63, 3.8) is 0 Å². The third-order valence-corrected chi connectivity index (χ3v) is 8.06. The Morgan fingerprint density at radius 2 is 1.91 bits per heavy atom. The van der Waals surface area contributed by atoms with Crippen LogP contribution in [0.3, 0.4) is 0 Å². The van der Waals surface area contributed by atoms with Gasteiger partial charge in [-0.2, -0.15) is 0 Å². The van der Waals surface area contributed by atoms with Gasteiger partial charge in [-0.25, -0.2) is 0 Å². The van der Waals surface area contributed by atoms with E-state index in [0.717, 1.165) is 37.8 Å². The van der Waals surface area contributed by atoms with Crippen LogP contribution in [-0.4, -0.2) is 39.4 Å². The maximum Gasteiger partial charge on any atom is 0.271 e. The summed E-state index contributed by atoms with van der Waals surface area (Å²) in [7, 11) is 0. The minimum Gasteiger partial charge on any atom is -0.463 e. The average molecular weight is 466 g/mol. The first-order valence-electron chi connectivity index (χ1n) is 11.9. The molecular formula is C26H31N3O3S. The van der Waals surface area contributed by atoms with E-state index in [0.29, 0.717) is 24.5 Å². The third-order valence-electron chi connectivity index (χ3n) is 7.12. The van der Waals surface area contributed by atoms with Gasteiger partial charge in [-0.1, -0.05) is 31.7 Å². The van der Waals surface area contributed by atoms with Crippen molar-refractivity contribution in [1.29, 1.82) is 0 Å². The molecule has 1 fully saturated rings. The number of hydrogen-bond donors (Lipinski definition) is 1. The van der Waals surface area contributed by atoms with Crippen LogP contribution in [0.1, 0.15) is 60.8 Å². The minimum absolute atomic E-state index is 0.0568. The molecule has 0 spiro atoms. The molecule has 4 heterocycles. The van der Waals surface area contributed by atoms with Crippen molar-refractivity contribution in [2.45, 2.75) is 70.0 Å². The molecule has 2 aliphatic rings. The highest BCUT2D eigenvalue weighted by atomic mass is 32.1. The number of carbonyl (C=O) groups excluding carboxylic acids is 2. The summed E-state index contributed by atoms with van der Waals surface area (Å²) in [5.41, 5.74) is 0.454. The molecule has 3 aromatic heterocycles. The fourth-order valence-corrected chi connectivity index (χ4v) is 5.90. The van der Waals surface area contributed by atoms with E-state index in [1.165, 1.54) is 17.7 Å². The standard InChI is InChI=1S/C26H31N3O3S/c1-26(25(31)27-19-8-4-2-3-5-9-19)18-28-21(23-11-6-16-32-23)12-13-22(28)24(30)29(26)15-14-20-10-7-17-33-20/h6-7,10-13,16-17,19H,2-5,8-9,14-15,18H2,1H3,(H,27,31)/t26-/m0/s1. The Morgan fingerprint density at radius 1 is 1.12 bits per heavy atom. The van der Waals surface area contributed by atoms with Crippen molar-refractivity contribution in [3.05, 3.63) is 58.6 Å². The molecule has 0 bridgehead atoms. The van der Waals surface area contributed by atoms with Crippen LogP contribution in [0.4, 0.5) is 0 Å². The van der Waals surface area contributed by atoms with Crippen LogP contribution in [-0.2, 0) is 17.8 Å². The molecule has 1 atom stereocenters. The number of nitrogens with zero attached hydrogens (tertiary/aromatic N) is 2. The van der Waals surface area contributed by atoms with Gasteiger partial charge in [0.05, 0.1) is 18.5 Å². The lowest BCUT2D eigenvalue weighted by Crippen LogP contribution is -2.65. The predicted octanol–water partition coefficient (Wildman–Crippen LogP) is 5.11. The molecule has 5 rings (SSSR count). The van der Waals surface area contributed by atoms with Crippen LogP contribution < -0.4 is 5.32 Å². The first-order chi connectivity index (χ1) is 16.1. The molecule has 0 radical (unpaired) electrons. The van der Waals surface area contributed by atoms with Gasteiger partial charge in [-0.05, 0) is 61.9 Å². The molecule has 6 nitrogen and oxygen atoms in total. The van der Waals surface area contributed by atoms with E-state index in [-0.39, 0.29) is 17.9 Å². The largest absolute Gasteiger partial charge is 0.463 e. The molecule has 2 amide bonds. The number of aromatic nitrogens is 1. The van der Waals surface area contributed by atoms with Gasteiger partial charge in [-0.15, -0.1) is 11.3 Å². The Kier molecular flexibility index (Phi) is 6.15. The van der Waals surface area contributed by atoms with Crippen molar-refractivity contribution in [3.8, 4) is 11.5 Å². The van der Waals surface area contributed by atoms with Gasteiger partial charge in [-0.3, -0.25) is 9.59 Å². The van der Waals surface area contributed by atoms with E-state index in [1.54, 1.807) is 22.5 Å². The fraction of sp³-hybridized carbons (Fsp3) is 0.462. The summed E-state index contributed by atoms with van der Waals surface area (Å²) in [6, 6.07) is 11.8. The minimum atomic E-state index is -0.978. The van der Waals surface area contributed by atoms with E-state index in [1.807, 2.05) is 47.2 Å². The molecule has 174 valence electrons. The maximum absolute atomic E-state index is 13.8. The summed E-state index contributed by atoms with van der Waals surface area (Å²) in [6.45, 7) is 2.83. The maximum atomic E-state index is 13.8. The summed E-state index contributed by atoms with van der Waals surface area (Å²) in [5.74, 6) is 0.542. The van der Waals surface area contributed by atoms with E-state index in [2.05, 4.69) is 11.4 Å². The Labute approximate surface area is 198 Å². The predicted molar refractivity (Wildman–Crippen MR) is 129 cm³/mol. The highest BCUT2D eigenvalue weighted by Gasteiger charge is 2.48. The molecule has 1 N–H and O–H groups in total. The number of amides is 2. The molecule has 1 aliphatic carbocycles. The summed E-state index contributed by atoms with van der Waals surface area (Å²) in [6.07, 6.45) is 9.14. The highest BCUT2D eigenvalue weighted by molar-refractivity contribution is 7.09. The van der Waals surface area contributed by atoms with Gasteiger partial charge in [0.2, 0.25) is 5.91 Å². The van der Waals surface area contributed by atoms with Gasteiger partial charge in [0, 0.05) is 17.5 Å². The second kappa shape index (κ2) is 9.21. The SMILES string of the molecule is C[C@@]1(C(=O)NC2CCCCCC2)Cn2c(ccc2-c2ccco2)C(=O)N1CCc1cccs1. The Balaban J connectivity index is 1.47. The quantitative estimate of drug-likeness (QED) is 0.515. The molecule has 0 aromatic carbocycles. The van der Waals surface area contributed by atoms with E-state index in [9.17, 15) is 9.59 Å². The van der Waals surface area contributed by atoms with Crippen LogP contribution >= 0.6 is 11.3 Å². The van der Waals surface area contributed by atoms with Crippen molar-refractivity contribution >= 4 is 23.2 Å². The monoisotopic (exact) mass is 465 g/mol. The zero-order chi connectivity index (χ0) is 22.8. The zero-order valence-corrected chi connectivity index (χ0v) is 19.9. The number of rotatable bonds is 6. The molecule has 7 heteroatoms. The third kappa shape index (κ3) is 4.26. The number of thiophene rings is 1. The van der Waals surface area contributed by atoms with Crippen LogP contribution in [0, 0.1) is 0 Å². The first-order valence-corrected chi connectivity index (χ1v) is 12.8. The second-order valence-corrected chi connectivity index (χ2v) is 10.4. The topological polar surface area (TPSA) is 67.5 Å². The number of fused-ring (bicyclic) bond motifs is 1. The number of furan rings is 1. The van der Waals surface area contributed by atoms with E-state index < -0.39 is 5.54 Å². The number of hydrogen-bond acceptors (Lipinski definition) is 4. The molecule has 3 aromatic rings. The average Bonchev–Trinajstić information content (AvgIpc) is 3.54. The van der Waals surface area contributed by atoms with Crippen molar-refractivity contribution in [2.24, 2.45) is 0 Å². The summed E-state index contributed by atoms with van der Waals surface area (Å²) >= 11 is 1.68. The Morgan fingerprint density at radius 3 is 2.61 bits per heavy atom. The van der Waals surface area contributed by atoms with Gasteiger partial charge in [0.15, 0.2) is 0 Å². The van der Waals surface area contributed by atoms with Crippen LogP contribution in [0.2, 0.25) is 0 Å². The fourth-order valence-electron chi connectivity index (χ4n) is 5.20. The molecule has 1 aliphatic heterocycles. The Bertz CT molecular complexity index is 1090. The van der Waals surface area contributed by atoms with Crippen LogP contribution in [0.25, 0.3) is 11.5 Å². The Hall–Kier alpha value is -2.80. The van der Waals surface area contributed by atoms with Gasteiger partial charge >= 0.3 is 0 Å². The smallest absolute Gasteiger partial charge is 0.271 e. The normalized spacial score (nSPS) is 21.6. The van der Waals surface area contributed by atoms with Gasteiger partial charge in [0.1, 0.15) is 17.0 Å². The van der Waals surface area contributed by atoms with Gasteiger partial charge < -0.3 is 19.2 Å². The van der Waals surface area contributed by atoms with Crippen LogP contribution in [0.15, 0.2) is 52.5 Å². The first kappa shape index (κ1) is 22.0. The molecule has 1 saturated carbocycles. The summed E-state index contributed by atoms with van der Waals surface area (Å²) in [4.78, 5) is 30.5. The lowest BCUT2D eigenvalue weighted by atomic mass is 9.93. The zero-order valence-electron chi connectivity index (χ0n) is 19.1. The van der Waals surface area contributed by atoms with E-state index >= 15 is 0 Å².